The van der Waals surface area contributed by atoms with Gasteiger partial charge in [0, 0.05) is 43.0 Å². The fourth-order valence-electron chi connectivity index (χ4n) is 4.40. The van der Waals surface area contributed by atoms with Gasteiger partial charge < -0.3 is 27.0 Å². The molecule has 1 saturated carbocycles. The Morgan fingerprint density at radius 3 is 2.73 bits per heavy atom. The number of nitrogens with zero attached hydrogens (tertiary/aromatic N) is 1. The molecule has 1 aromatic heterocycles. The largest absolute Gasteiger partial charge is 0.394 e. The molecule has 3 rings (SSSR count). The van der Waals surface area contributed by atoms with E-state index < -0.39 is 0 Å². The summed E-state index contributed by atoms with van der Waals surface area (Å²) >= 11 is 1.52. The minimum atomic E-state index is -0.275. The van der Waals surface area contributed by atoms with Crippen LogP contribution in [0.3, 0.4) is 0 Å². The van der Waals surface area contributed by atoms with Gasteiger partial charge in [0.15, 0.2) is 0 Å². The Morgan fingerprint density at radius 1 is 1.39 bits per heavy atom. The maximum atomic E-state index is 13.2. The fraction of sp³-hybridized carbons (Fsp3) is 0.520. The van der Waals surface area contributed by atoms with Crippen LogP contribution in [0.4, 0.5) is 0 Å². The number of likely N-dealkylation sites (tertiary alicyclic amines) is 1. The second-order valence-electron chi connectivity index (χ2n) is 9.52. The van der Waals surface area contributed by atoms with Crippen molar-refractivity contribution in [2.75, 3.05) is 20.1 Å². The number of hydrogen-bond acceptors (Lipinski definition) is 6. The van der Waals surface area contributed by atoms with E-state index in [4.69, 9.17) is 11.5 Å². The summed E-state index contributed by atoms with van der Waals surface area (Å²) in [5, 5.41) is 7.77. The van der Waals surface area contributed by atoms with Gasteiger partial charge in [0.25, 0.3) is 0 Å². The first-order chi connectivity index (χ1) is 15.7. The molecule has 1 saturated heterocycles. The predicted molar refractivity (Wildman–Crippen MR) is 135 cm³/mol. The highest BCUT2D eigenvalue weighted by atomic mass is 32.1. The number of allylic oxidation sites excluding steroid dienone is 2. The van der Waals surface area contributed by atoms with Crippen LogP contribution in [0.25, 0.3) is 5.57 Å². The average Bonchev–Trinajstić information content (AvgIpc) is 3.44. The molecule has 2 fully saturated rings. The van der Waals surface area contributed by atoms with Gasteiger partial charge in [-0.05, 0) is 53.7 Å². The van der Waals surface area contributed by atoms with Gasteiger partial charge in [-0.2, -0.15) is 0 Å². The number of nitrogens with two attached hydrogens (primary N) is 2. The van der Waals surface area contributed by atoms with Gasteiger partial charge >= 0.3 is 0 Å². The molecule has 0 spiro atoms. The maximum Gasteiger partial charge on any atom is 0.233 e. The van der Waals surface area contributed by atoms with E-state index in [0.717, 1.165) is 41.0 Å². The van der Waals surface area contributed by atoms with E-state index in [2.05, 4.69) is 31.4 Å². The number of thiophene rings is 1. The van der Waals surface area contributed by atoms with Gasteiger partial charge in [0.1, 0.15) is 5.82 Å². The second kappa shape index (κ2) is 10.6. The van der Waals surface area contributed by atoms with Gasteiger partial charge in [-0.15, -0.1) is 11.3 Å². The van der Waals surface area contributed by atoms with Gasteiger partial charge in [-0.25, -0.2) is 0 Å². The lowest BCUT2D eigenvalue weighted by Crippen LogP contribution is -2.34. The Morgan fingerprint density at radius 2 is 2.12 bits per heavy atom. The van der Waals surface area contributed by atoms with Gasteiger partial charge in [0.2, 0.25) is 11.8 Å². The molecule has 7 nitrogen and oxygen atoms in total. The summed E-state index contributed by atoms with van der Waals surface area (Å²) in [4.78, 5) is 28.6. The van der Waals surface area contributed by atoms with Crippen LogP contribution in [0.15, 0.2) is 41.3 Å². The highest BCUT2D eigenvalue weighted by Crippen LogP contribution is 2.51. The molecule has 2 aliphatic rings. The highest BCUT2D eigenvalue weighted by Gasteiger charge is 2.52. The van der Waals surface area contributed by atoms with Crippen LogP contribution in [-0.2, 0) is 16.0 Å². The van der Waals surface area contributed by atoms with Crippen molar-refractivity contribution in [3.05, 3.63) is 51.8 Å². The third-order valence-electron chi connectivity index (χ3n) is 6.37. The number of nitrogens with one attached hydrogen (secondary N) is 2. The number of hydrogen-bond donors (Lipinski definition) is 4. The van der Waals surface area contributed by atoms with E-state index in [1.807, 2.05) is 35.7 Å². The van der Waals surface area contributed by atoms with Crippen LogP contribution in [0.1, 0.15) is 50.5 Å². The summed E-state index contributed by atoms with van der Waals surface area (Å²) in [7, 11) is 1.83. The van der Waals surface area contributed by atoms with Crippen molar-refractivity contribution in [2.24, 2.45) is 28.7 Å². The van der Waals surface area contributed by atoms with Crippen molar-refractivity contribution in [3.8, 4) is 0 Å². The standard InChI is InChI=1S/C25H37N5O2S/c1-16(2)9-20(30-8-7-25(3,24(30)32)19-5-6-19)11-22(27)29-23(31)12-21-10-17(15-33-21)18(13-26)14-28-4/h9-11,14-16,19,28H,5-8,12-13,26-27H2,1-4H3,(H,29,31)/b18-14+,20-9+,22-11+/t25-/m0/s1. The van der Waals surface area contributed by atoms with Crippen LogP contribution in [0.2, 0.25) is 0 Å². The number of carbonyl (C=O) groups is 2. The maximum absolute atomic E-state index is 13.2. The van der Waals surface area contributed by atoms with Crippen molar-refractivity contribution in [1.29, 1.82) is 0 Å². The Bertz CT molecular complexity index is 973. The van der Waals surface area contributed by atoms with E-state index in [1.165, 1.54) is 11.3 Å². The third-order valence-corrected chi connectivity index (χ3v) is 7.30. The summed E-state index contributed by atoms with van der Waals surface area (Å²) in [5.74, 6) is 0.962. The Balaban J connectivity index is 1.67. The number of carbonyl (C=O) groups excluding carboxylic acids is 2. The molecule has 0 unspecified atom stereocenters. The zero-order chi connectivity index (χ0) is 24.2. The Hall–Kier alpha value is -2.58. The first kappa shape index (κ1) is 25.1. The third kappa shape index (κ3) is 6.06. The predicted octanol–water partition coefficient (Wildman–Crippen LogP) is 2.91. The fourth-order valence-corrected chi connectivity index (χ4v) is 5.31. The normalized spacial score (nSPS) is 22.3. The number of amides is 2. The Labute approximate surface area is 201 Å². The zero-order valence-electron chi connectivity index (χ0n) is 20.1. The molecular weight excluding hydrogens is 434 g/mol. The van der Waals surface area contributed by atoms with Crippen LogP contribution in [-0.4, -0.2) is 36.9 Å². The molecule has 8 heteroatoms. The lowest BCUT2D eigenvalue weighted by Gasteiger charge is -2.24. The van der Waals surface area contributed by atoms with Crippen molar-refractivity contribution >= 4 is 28.7 Å². The monoisotopic (exact) mass is 471 g/mol. The van der Waals surface area contributed by atoms with E-state index in [1.54, 1.807) is 6.08 Å². The minimum absolute atomic E-state index is 0.170. The SMILES string of the molecule is CN/C=C(\CN)c1csc(CC(=O)N/C(N)=C/C(=C\C(C)C)N2CC[C@@](C)(C3CC3)C2=O)c1. The smallest absolute Gasteiger partial charge is 0.233 e. The van der Waals surface area contributed by atoms with Crippen LogP contribution in [0, 0.1) is 17.3 Å². The van der Waals surface area contributed by atoms with Crippen LogP contribution < -0.4 is 22.1 Å². The van der Waals surface area contributed by atoms with E-state index in [9.17, 15) is 9.59 Å². The summed E-state index contributed by atoms with van der Waals surface area (Å²) in [5.41, 5.74) is 14.5. The molecule has 33 heavy (non-hydrogen) atoms. The van der Waals surface area contributed by atoms with Gasteiger partial charge in [-0.1, -0.05) is 26.8 Å². The minimum Gasteiger partial charge on any atom is -0.394 e. The first-order valence-corrected chi connectivity index (χ1v) is 12.5. The molecule has 1 atom stereocenters. The highest BCUT2D eigenvalue weighted by molar-refractivity contribution is 7.10. The summed E-state index contributed by atoms with van der Waals surface area (Å²) < 4.78 is 0. The van der Waals surface area contributed by atoms with Crippen molar-refractivity contribution < 1.29 is 9.59 Å². The molecule has 6 N–H and O–H groups in total. The molecular formula is C25H37N5O2S. The molecule has 0 bridgehead atoms. The van der Waals surface area contributed by atoms with E-state index in [0.29, 0.717) is 19.0 Å². The first-order valence-electron chi connectivity index (χ1n) is 11.6. The molecule has 0 radical (unpaired) electrons. The van der Waals surface area contributed by atoms with Crippen molar-refractivity contribution in [2.45, 2.75) is 46.5 Å². The van der Waals surface area contributed by atoms with E-state index >= 15 is 0 Å². The van der Waals surface area contributed by atoms with Crippen LogP contribution in [0.5, 0.6) is 0 Å². The van der Waals surface area contributed by atoms with Gasteiger partial charge in [0.05, 0.1) is 11.8 Å². The summed E-state index contributed by atoms with van der Waals surface area (Å²) in [6.45, 7) is 7.32. The molecule has 0 aromatic carbocycles. The second-order valence-corrected chi connectivity index (χ2v) is 10.5. The molecule has 2 heterocycles. The number of rotatable bonds is 10. The average molecular weight is 472 g/mol. The zero-order valence-corrected chi connectivity index (χ0v) is 20.9. The molecule has 1 aliphatic carbocycles. The molecule has 2 amide bonds. The summed E-state index contributed by atoms with van der Waals surface area (Å²) in [6, 6.07) is 1.98. The summed E-state index contributed by atoms with van der Waals surface area (Å²) in [6.07, 6.45) is 8.97. The van der Waals surface area contributed by atoms with Gasteiger partial charge in [-0.3, -0.25) is 9.59 Å². The molecule has 1 aliphatic heterocycles. The molecule has 1 aromatic rings. The van der Waals surface area contributed by atoms with E-state index in [-0.39, 0.29) is 35.4 Å². The topological polar surface area (TPSA) is 113 Å². The lowest BCUT2D eigenvalue weighted by molar-refractivity contribution is -0.134. The quantitative estimate of drug-likeness (QED) is 0.392. The molecule has 180 valence electrons. The van der Waals surface area contributed by atoms with Crippen LogP contribution >= 0.6 is 11.3 Å². The lowest BCUT2D eigenvalue weighted by atomic mass is 9.83. The Kier molecular flexibility index (Phi) is 8.02. The van der Waals surface area contributed by atoms with Crippen molar-refractivity contribution in [1.82, 2.24) is 15.5 Å². The van der Waals surface area contributed by atoms with Crippen molar-refractivity contribution in [3.63, 3.8) is 0 Å².